The van der Waals surface area contributed by atoms with Gasteiger partial charge in [-0.25, -0.2) is 0 Å². The van der Waals surface area contributed by atoms with Gasteiger partial charge in [-0.1, -0.05) is 29.8 Å². The average molecular weight is 326 g/mol. The maximum absolute atomic E-state index is 5.49. The number of hydrogen-bond acceptors (Lipinski definition) is 2. The van der Waals surface area contributed by atoms with Crippen LogP contribution in [0.25, 0.3) is 0 Å². The van der Waals surface area contributed by atoms with E-state index < -0.39 is 0 Å². The Kier molecular flexibility index (Phi) is 4.91. The van der Waals surface area contributed by atoms with Gasteiger partial charge in [0, 0.05) is 10.5 Å². The third-order valence-corrected chi connectivity index (χ3v) is 4.68. The number of halogens is 1. The fourth-order valence-corrected chi connectivity index (χ4v) is 3.70. The van der Waals surface area contributed by atoms with Gasteiger partial charge < -0.3 is 10.1 Å². The fourth-order valence-electron chi connectivity index (χ4n) is 3.29. The molecule has 1 aromatic rings. The summed E-state index contributed by atoms with van der Waals surface area (Å²) in [7, 11) is 1.76. The summed E-state index contributed by atoms with van der Waals surface area (Å²) in [5, 5.41) is 3.58. The van der Waals surface area contributed by atoms with Crippen LogP contribution in [0.15, 0.2) is 22.7 Å². The molecule has 1 fully saturated rings. The topological polar surface area (TPSA) is 21.3 Å². The van der Waals surface area contributed by atoms with E-state index in [4.69, 9.17) is 4.74 Å². The number of methoxy groups -OCH3 is 1. The van der Waals surface area contributed by atoms with Crippen molar-refractivity contribution >= 4 is 15.9 Å². The van der Waals surface area contributed by atoms with Crippen molar-refractivity contribution in [2.45, 2.75) is 45.6 Å². The quantitative estimate of drug-likeness (QED) is 0.877. The molecule has 0 spiro atoms. The van der Waals surface area contributed by atoms with Gasteiger partial charge in [-0.2, -0.15) is 0 Å². The Hall–Kier alpha value is -0.540. The standard InChI is InChI=1S/C16H24BrNO/c1-4-18-14-7-8-16(2,11-14)10-12-9-13(17)5-6-15(12)19-3/h5-6,9,14,18H,4,7-8,10-11H2,1-3H3. The number of ether oxygens (including phenoxy) is 1. The Balaban J connectivity index is 2.10. The van der Waals surface area contributed by atoms with Gasteiger partial charge in [-0.15, -0.1) is 0 Å². The Morgan fingerprint density at radius 3 is 2.95 bits per heavy atom. The van der Waals surface area contributed by atoms with Crippen LogP contribution in [-0.4, -0.2) is 19.7 Å². The first-order chi connectivity index (χ1) is 9.06. The lowest BCUT2D eigenvalue weighted by atomic mass is 9.81. The molecule has 1 saturated carbocycles. The van der Waals surface area contributed by atoms with Gasteiger partial charge in [0.15, 0.2) is 0 Å². The molecule has 2 atom stereocenters. The highest BCUT2D eigenvalue weighted by atomic mass is 79.9. The van der Waals surface area contributed by atoms with Crippen molar-refractivity contribution in [2.24, 2.45) is 5.41 Å². The molecule has 0 heterocycles. The van der Waals surface area contributed by atoms with Gasteiger partial charge in [-0.3, -0.25) is 0 Å². The summed E-state index contributed by atoms with van der Waals surface area (Å²) in [6.45, 7) is 5.67. The van der Waals surface area contributed by atoms with E-state index in [2.05, 4.69) is 47.2 Å². The zero-order valence-corrected chi connectivity index (χ0v) is 13.7. The summed E-state index contributed by atoms with van der Waals surface area (Å²) >= 11 is 3.56. The lowest BCUT2D eigenvalue weighted by Crippen LogP contribution is -2.28. The summed E-state index contributed by atoms with van der Waals surface area (Å²) in [5.74, 6) is 1.01. The van der Waals surface area contributed by atoms with Crippen LogP contribution >= 0.6 is 15.9 Å². The molecule has 1 N–H and O–H groups in total. The van der Waals surface area contributed by atoms with Crippen molar-refractivity contribution in [3.05, 3.63) is 28.2 Å². The van der Waals surface area contributed by atoms with Crippen LogP contribution < -0.4 is 10.1 Å². The Morgan fingerprint density at radius 2 is 2.26 bits per heavy atom. The van der Waals surface area contributed by atoms with Crippen molar-refractivity contribution in [3.63, 3.8) is 0 Å². The zero-order valence-electron chi connectivity index (χ0n) is 12.1. The van der Waals surface area contributed by atoms with Crippen molar-refractivity contribution in [1.82, 2.24) is 5.32 Å². The highest BCUT2D eigenvalue weighted by molar-refractivity contribution is 9.10. The number of hydrogen-bond donors (Lipinski definition) is 1. The summed E-state index contributed by atoms with van der Waals surface area (Å²) in [6, 6.07) is 6.98. The van der Waals surface area contributed by atoms with E-state index in [0.717, 1.165) is 23.2 Å². The molecule has 106 valence electrons. The molecular formula is C16H24BrNO. The minimum absolute atomic E-state index is 0.390. The summed E-state index contributed by atoms with van der Waals surface area (Å²) in [5.41, 5.74) is 1.71. The lowest BCUT2D eigenvalue weighted by Gasteiger charge is -2.25. The summed E-state index contributed by atoms with van der Waals surface area (Å²) in [4.78, 5) is 0. The number of nitrogens with one attached hydrogen (secondary N) is 1. The van der Waals surface area contributed by atoms with Crippen molar-refractivity contribution < 1.29 is 4.74 Å². The minimum atomic E-state index is 0.390. The Bertz CT molecular complexity index is 435. The molecule has 19 heavy (non-hydrogen) atoms. The third-order valence-electron chi connectivity index (χ3n) is 4.19. The molecule has 0 bridgehead atoms. The molecular weight excluding hydrogens is 302 g/mol. The average Bonchev–Trinajstić information content (AvgIpc) is 2.71. The van der Waals surface area contributed by atoms with Crippen LogP contribution in [-0.2, 0) is 6.42 Å². The molecule has 2 unspecified atom stereocenters. The molecule has 0 aromatic heterocycles. The molecule has 1 aliphatic rings. The molecule has 1 aromatic carbocycles. The molecule has 0 saturated heterocycles. The maximum Gasteiger partial charge on any atom is 0.122 e. The molecule has 0 aliphatic heterocycles. The first-order valence-electron chi connectivity index (χ1n) is 7.12. The van der Waals surface area contributed by atoms with E-state index >= 15 is 0 Å². The van der Waals surface area contributed by atoms with Crippen LogP contribution in [0.3, 0.4) is 0 Å². The summed E-state index contributed by atoms with van der Waals surface area (Å²) in [6.07, 6.45) is 4.94. The van der Waals surface area contributed by atoms with E-state index in [9.17, 15) is 0 Å². The second kappa shape index (κ2) is 6.27. The Morgan fingerprint density at radius 1 is 1.47 bits per heavy atom. The van der Waals surface area contributed by atoms with Crippen molar-refractivity contribution in [1.29, 1.82) is 0 Å². The van der Waals surface area contributed by atoms with E-state index in [1.54, 1.807) is 7.11 Å². The first kappa shape index (κ1) is 14.9. The Labute approximate surface area is 125 Å². The van der Waals surface area contributed by atoms with Crippen LogP contribution in [0, 0.1) is 5.41 Å². The van der Waals surface area contributed by atoms with Gasteiger partial charge in [-0.05, 0) is 61.4 Å². The van der Waals surface area contributed by atoms with Gasteiger partial charge in [0.05, 0.1) is 7.11 Å². The largest absolute Gasteiger partial charge is 0.496 e. The zero-order chi connectivity index (χ0) is 13.9. The van der Waals surface area contributed by atoms with Crippen LogP contribution in [0.5, 0.6) is 5.75 Å². The van der Waals surface area contributed by atoms with Crippen LogP contribution in [0.4, 0.5) is 0 Å². The van der Waals surface area contributed by atoms with Gasteiger partial charge in [0.1, 0.15) is 5.75 Å². The highest BCUT2D eigenvalue weighted by Gasteiger charge is 2.35. The van der Waals surface area contributed by atoms with Crippen LogP contribution in [0.2, 0.25) is 0 Å². The molecule has 2 nitrogen and oxygen atoms in total. The van der Waals surface area contributed by atoms with Crippen molar-refractivity contribution in [3.8, 4) is 5.75 Å². The fraction of sp³-hybridized carbons (Fsp3) is 0.625. The second-order valence-corrected chi connectivity index (χ2v) is 6.86. The van der Waals surface area contributed by atoms with Gasteiger partial charge in [0.2, 0.25) is 0 Å². The number of rotatable bonds is 5. The monoisotopic (exact) mass is 325 g/mol. The highest BCUT2D eigenvalue weighted by Crippen LogP contribution is 2.42. The van der Waals surface area contributed by atoms with Gasteiger partial charge >= 0.3 is 0 Å². The van der Waals surface area contributed by atoms with Crippen molar-refractivity contribution in [2.75, 3.05) is 13.7 Å². The third kappa shape index (κ3) is 3.73. The first-order valence-corrected chi connectivity index (χ1v) is 7.91. The summed E-state index contributed by atoms with van der Waals surface area (Å²) < 4.78 is 6.63. The predicted octanol–water partition coefficient (Wildman–Crippen LogP) is 4.17. The minimum Gasteiger partial charge on any atom is -0.496 e. The van der Waals surface area contributed by atoms with E-state index in [0.29, 0.717) is 11.5 Å². The molecule has 1 aliphatic carbocycles. The second-order valence-electron chi connectivity index (χ2n) is 5.94. The molecule has 0 amide bonds. The van der Waals surface area contributed by atoms with E-state index in [-0.39, 0.29) is 0 Å². The van der Waals surface area contributed by atoms with E-state index in [1.165, 1.54) is 24.8 Å². The molecule has 3 heteroatoms. The maximum atomic E-state index is 5.49. The van der Waals surface area contributed by atoms with E-state index in [1.807, 2.05) is 6.07 Å². The normalized spacial score (nSPS) is 26.6. The molecule has 0 radical (unpaired) electrons. The SMILES string of the molecule is CCNC1CCC(C)(Cc2cc(Br)ccc2OC)C1. The smallest absolute Gasteiger partial charge is 0.122 e. The predicted molar refractivity (Wildman–Crippen MR) is 83.8 cm³/mol. The number of benzene rings is 1. The molecule has 2 rings (SSSR count). The van der Waals surface area contributed by atoms with Gasteiger partial charge in [0.25, 0.3) is 0 Å². The van der Waals surface area contributed by atoms with Crippen LogP contribution in [0.1, 0.15) is 38.7 Å². The lowest BCUT2D eigenvalue weighted by molar-refractivity contribution is 0.315.